The van der Waals surface area contributed by atoms with Gasteiger partial charge in [0.1, 0.15) is 28.9 Å². The normalized spacial score (nSPS) is 14.2. The van der Waals surface area contributed by atoms with E-state index in [0.717, 1.165) is 5.56 Å². The maximum Gasteiger partial charge on any atom is 0.343 e. The van der Waals surface area contributed by atoms with Gasteiger partial charge in [-0.3, -0.25) is 0 Å². The zero-order chi connectivity index (χ0) is 25.7. The molecule has 1 heterocycles. The molecule has 0 aliphatic carbocycles. The first kappa shape index (κ1) is 24.5. The number of fused-ring (bicyclic) bond motifs is 1. The van der Waals surface area contributed by atoms with E-state index in [9.17, 15) is 10.1 Å². The number of carbonyl (C=O) groups is 1. The summed E-state index contributed by atoms with van der Waals surface area (Å²) in [5, 5.41) is 9.87. The standard InChI is InChI=1S/C28H26N2O6/c1-4-33-23-13-8-18(14-25(23)34-5-2)26-21-12-11-20(15-24(21)36-27(30)22(26)16-29)35-28(31)17-6-9-19(32-3)10-7-17/h6-15,26H,4-5,30H2,1-3H3. The van der Waals surface area contributed by atoms with Gasteiger partial charge in [-0.25, -0.2) is 4.79 Å². The number of esters is 1. The molecular formula is C28H26N2O6. The second-order valence-corrected chi connectivity index (χ2v) is 7.81. The molecule has 184 valence electrons. The molecule has 8 nitrogen and oxygen atoms in total. The summed E-state index contributed by atoms with van der Waals surface area (Å²) in [6, 6.07) is 19.3. The van der Waals surface area contributed by atoms with Crippen molar-refractivity contribution in [2.75, 3.05) is 20.3 Å². The first-order chi connectivity index (χ1) is 17.5. The fourth-order valence-corrected chi connectivity index (χ4v) is 3.98. The van der Waals surface area contributed by atoms with Gasteiger partial charge in [-0.05, 0) is 61.9 Å². The molecule has 0 saturated carbocycles. The SMILES string of the molecule is CCOc1ccc(C2C(C#N)=C(N)Oc3cc(OC(=O)c4ccc(OC)cc4)ccc32)cc1OCC. The highest BCUT2D eigenvalue weighted by atomic mass is 16.5. The maximum absolute atomic E-state index is 12.6. The Balaban J connectivity index is 1.68. The second-order valence-electron chi connectivity index (χ2n) is 7.81. The number of carbonyl (C=O) groups excluding carboxylic acids is 1. The fraction of sp³-hybridized carbons (Fsp3) is 0.214. The highest BCUT2D eigenvalue weighted by Gasteiger charge is 2.32. The Hall–Kier alpha value is -4.64. The first-order valence-corrected chi connectivity index (χ1v) is 11.5. The van der Waals surface area contributed by atoms with E-state index >= 15 is 0 Å². The minimum atomic E-state index is -0.529. The third-order valence-corrected chi connectivity index (χ3v) is 5.63. The molecule has 0 aromatic heterocycles. The Morgan fingerprint density at radius 2 is 1.67 bits per heavy atom. The van der Waals surface area contributed by atoms with Gasteiger partial charge in [0.15, 0.2) is 11.5 Å². The van der Waals surface area contributed by atoms with E-state index in [2.05, 4.69) is 6.07 Å². The average Bonchev–Trinajstić information content (AvgIpc) is 2.89. The highest BCUT2D eigenvalue weighted by molar-refractivity contribution is 5.91. The lowest BCUT2D eigenvalue weighted by Gasteiger charge is -2.27. The molecular weight excluding hydrogens is 460 g/mol. The van der Waals surface area contributed by atoms with E-state index in [-0.39, 0.29) is 17.2 Å². The predicted molar refractivity (Wildman–Crippen MR) is 132 cm³/mol. The van der Waals surface area contributed by atoms with Gasteiger partial charge >= 0.3 is 5.97 Å². The van der Waals surface area contributed by atoms with Crippen LogP contribution in [0.25, 0.3) is 0 Å². The molecule has 1 unspecified atom stereocenters. The maximum atomic E-state index is 12.6. The van der Waals surface area contributed by atoms with Gasteiger partial charge < -0.3 is 29.4 Å². The Morgan fingerprint density at radius 3 is 2.33 bits per heavy atom. The molecule has 3 aromatic rings. The average molecular weight is 487 g/mol. The summed E-state index contributed by atoms with van der Waals surface area (Å²) in [7, 11) is 1.55. The fourth-order valence-electron chi connectivity index (χ4n) is 3.98. The van der Waals surface area contributed by atoms with Crippen molar-refractivity contribution < 1.29 is 28.5 Å². The quantitative estimate of drug-likeness (QED) is 0.352. The van der Waals surface area contributed by atoms with Crippen LogP contribution in [0.4, 0.5) is 0 Å². The van der Waals surface area contributed by atoms with Gasteiger partial charge in [0.05, 0.1) is 31.8 Å². The molecule has 0 saturated heterocycles. The van der Waals surface area contributed by atoms with Gasteiger partial charge in [0.2, 0.25) is 5.88 Å². The third kappa shape index (κ3) is 4.91. The highest BCUT2D eigenvalue weighted by Crippen LogP contribution is 2.45. The van der Waals surface area contributed by atoms with E-state index in [1.54, 1.807) is 49.6 Å². The Labute approximate surface area is 209 Å². The summed E-state index contributed by atoms with van der Waals surface area (Å²) >= 11 is 0. The van der Waals surface area contributed by atoms with Crippen molar-refractivity contribution >= 4 is 5.97 Å². The van der Waals surface area contributed by atoms with E-state index in [1.807, 2.05) is 32.0 Å². The molecule has 0 bridgehead atoms. The van der Waals surface area contributed by atoms with E-state index in [4.69, 9.17) is 29.4 Å². The number of methoxy groups -OCH3 is 1. The molecule has 1 aliphatic rings. The molecule has 1 aliphatic heterocycles. The molecule has 36 heavy (non-hydrogen) atoms. The van der Waals surface area contributed by atoms with Crippen LogP contribution >= 0.6 is 0 Å². The van der Waals surface area contributed by atoms with Crippen LogP contribution in [0.15, 0.2) is 72.1 Å². The molecule has 8 heteroatoms. The van der Waals surface area contributed by atoms with Crippen LogP contribution in [0.1, 0.15) is 41.3 Å². The minimum Gasteiger partial charge on any atom is -0.497 e. The third-order valence-electron chi connectivity index (χ3n) is 5.63. The van der Waals surface area contributed by atoms with Crippen LogP contribution in [-0.2, 0) is 0 Å². The van der Waals surface area contributed by atoms with Gasteiger partial charge in [0.25, 0.3) is 0 Å². The summed E-state index contributed by atoms with van der Waals surface area (Å²) < 4.78 is 27.9. The van der Waals surface area contributed by atoms with Crippen molar-refractivity contribution in [2.24, 2.45) is 5.73 Å². The summed E-state index contributed by atoms with van der Waals surface area (Å²) in [6.07, 6.45) is 0. The van der Waals surface area contributed by atoms with E-state index in [1.165, 1.54) is 0 Å². The van der Waals surface area contributed by atoms with Crippen LogP contribution in [-0.4, -0.2) is 26.3 Å². The molecule has 4 rings (SSSR count). The van der Waals surface area contributed by atoms with Gasteiger partial charge in [0, 0.05) is 11.6 Å². The molecule has 0 fully saturated rings. The number of ether oxygens (including phenoxy) is 5. The number of nitrogens with zero attached hydrogens (tertiary/aromatic N) is 1. The molecule has 0 amide bonds. The summed E-state index contributed by atoms with van der Waals surface area (Å²) in [4.78, 5) is 12.6. The number of nitriles is 1. The monoisotopic (exact) mass is 486 g/mol. The summed E-state index contributed by atoms with van der Waals surface area (Å²) in [5.74, 6) is 1.46. The van der Waals surface area contributed by atoms with Gasteiger partial charge in [-0.15, -0.1) is 0 Å². The molecule has 1 atom stereocenters. The van der Waals surface area contributed by atoms with Gasteiger partial charge in [-0.2, -0.15) is 5.26 Å². The Morgan fingerprint density at radius 1 is 0.972 bits per heavy atom. The van der Waals surface area contributed by atoms with Crippen molar-refractivity contribution in [3.63, 3.8) is 0 Å². The minimum absolute atomic E-state index is 0.0134. The Kier molecular flexibility index (Phi) is 7.31. The number of hydrogen-bond donors (Lipinski definition) is 1. The van der Waals surface area contributed by atoms with Crippen molar-refractivity contribution in [1.29, 1.82) is 5.26 Å². The molecule has 3 aromatic carbocycles. The predicted octanol–water partition coefficient (Wildman–Crippen LogP) is 4.93. The number of rotatable bonds is 8. The van der Waals surface area contributed by atoms with Crippen LogP contribution < -0.4 is 29.4 Å². The lowest BCUT2D eigenvalue weighted by Crippen LogP contribution is -2.21. The molecule has 0 spiro atoms. The largest absolute Gasteiger partial charge is 0.497 e. The van der Waals surface area contributed by atoms with Crippen molar-refractivity contribution in [3.05, 3.63) is 88.8 Å². The number of nitrogens with two attached hydrogens (primary N) is 1. The summed E-state index contributed by atoms with van der Waals surface area (Å²) in [5.41, 5.74) is 8.27. The van der Waals surface area contributed by atoms with Crippen LogP contribution in [0.3, 0.4) is 0 Å². The number of benzene rings is 3. The smallest absolute Gasteiger partial charge is 0.343 e. The zero-order valence-electron chi connectivity index (χ0n) is 20.2. The topological polar surface area (TPSA) is 113 Å². The zero-order valence-corrected chi connectivity index (χ0v) is 20.2. The first-order valence-electron chi connectivity index (χ1n) is 11.5. The van der Waals surface area contributed by atoms with Crippen LogP contribution in [0.5, 0.6) is 28.7 Å². The van der Waals surface area contributed by atoms with E-state index < -0.39 is 11.9 Å². The van der Waals surface area contributed by atoms with Crippen molar-refractivity contribution in [3.8, 4) is 34.8 Å². The van der Waals surface area contributed by atoms with Crippen LogP contribution in [0, 0.1) is 11.3 Å². The second kappa shape index (κ2) is 10.7. The van der Waals surface area contributed by atoms with Crippen molar-refractivity contribution in [2.45, 2.75) is 19.8 Å². The molecule has 0 radical (unpaired) electrons. The van der Waals surface area contributed by atoms with Crippen LogP contribution in [0.2, 0.25) is 0 Å². The lowest BCUT2D eigenvalue weighted by atomic mass is 9.83. The number of hydrogen-bond acceptors (Lipinski definition) is 8. The summed E-state index contributed by atoms with van der Waals surface area (Å²) in [6.45, 7) is 4.74. The van der Waals surface area contributed by atoms with E-state index in [0.29, 0.717) is 47.3 Å². The Bertz CT molecular complexity index is 1340. The van der Waals surface area contributed by atoms with Gasteiger partial charge in [-0.1, -0.05) is 12.1 Å². The van der Waals surface area contributed by atoms with Crippen molar-refractivity contribution in [1.82, 2.24) is 0 Å². The number of allylic oxidation sites excluding steroid dienone is 1. The lowest BCUT2D eigenvalue weighted by molar-refractivity contribution is 0.0734. The molecule has 2 N–H and O–H groups in total.